The van der Waals surface area contributed by atoms with Crippen LogP contribution in [0.5, 0.6) is 0 Å². The number of pyridine rings is 1. The smallest absolute Gasteiger partial charge is 0.255 e. The van der Waals surface area contributed by atoms with Gasteiger partial charge in [0.2, 0.25) is 0 Å². The fourth-order valence-electron chi connectivity index (χ4n) is 2.41. The highest BCUT2D eigenvalue weighted by atomic mass is 16.1. The van der Waals surface area contributed by atoms with E-state index in [4.69, 9.17) is 0 Å². The number of hydrogen-bond donors (Lipinski definition) is 1. The second kappa shape index (κ2) is 7.63. The Labute approximate surface area is 123 Å². The summed E-state index contributed by atoms with van der Waals surface area (Å²) in [6.07, 6.45) is 3.42. The van der Waals surface area contributed by atoms with Crippen molar-refractivity contribution in [3.05, 3.63) is 33.7 Å². The average molecular weight is 278 g/mol. The van der Waals surface area contributed by atoms with Gasteiger partial charge in [0.25, 0.3) is 5.56 Å². The summed E-state index contributed by atoms with van der Waals surface area (Å²) < 4.78 is 1.99. The van der Waals surface area contributed by atoms with Crippen LogP contribution in [0.2, 0.25) is 0 Å². The van der Waals surface area contributed by atoms with Gasteiger partial charge in [-0.25, -0.2) is 0 Å². The van der Waals surface area contributed by atoms with Gasteiger partial charge in [0.05, 0.1) is 0 Å². The van der Waals surface area contributed by atoms with Gasteiger partial charge in [0.1, 0.15) is 0 Å². The van der Waals surface area contributed by atoms with Gasteiger partial charge in [-0.15, -0.1) is 0 Å². The molecule has 3 heteroatoms. The molecular formula is C17H30N2O. The van der Waals surface area contributed by atoms with Crippen LogP contribution in [0, 0.1) is 0 Å². The molecule has 0 amide bonds. The maximum absolute atomic E-state index is 12.7. The van der Waals surface area contributed by atoms with Crippen molar-refractivity contribution in [2.24, 2.45) is 0 Å². The second-order valence-electron chi connectivity index (χ2n) is 6.44. The van der Waals surface area contributed by atoms with Crippen LogP contribution < -0.4 is 10.9 Å². The maximum Gasteiger partial charge on any atom is 0.255 e. The summed E-state index contributed by atoms with van der Waals surface area (Å²) >= 11 is 0. The standard InChI is InChI=1S/C17H30N2O/c1-6-8-9-12-19-15(17(3,4)5)11-10-14(16(19)20)13-18-7-2/h10-11,18H,6-9,12-13H2,1-5H3. The third-order valence-corrected chi connectivity index (χ3v) is 3.57. The summed E-state index contributed by atoms with van der Waals surface area (Å²) in [6, 6.07) is 4.11. The van der Waals surface area contributed by atoms with E-state index in [9.17, 15) is 4.79 Å². The highest BCUT2D eigenvalue weighted by Crippen LogP contribution is 2.21. The molecule has 0 aliphatic carbocycles. The lowest BCUT2D eigenvalue weighted by Gasteiger charge is -2.25. The largest absolute Gasteiger partial charge is 0.313 e. The van der Waals surface area contributed by atoms with Crippen LogP contribution in [0.15, 0.2) is 16.9 Å². The van der Waals surface area contributed by atoms with Gasteiger partial charge in [0, 0.05) is 29.8 Å². The highest BCUT2D eigenvalue weighted by Gasteiger charge is 2.19. The summed E-state index contributed by atoms with van der Waals surface area (Å²) in [6.45, 7) is 13.1. The monoisotopic (exact) mass is 278 g/mol. The molecule has 0 saturated carbocycles. The van der Waals surface area contributed by atoms with Gasteiger partial charge in [-0.05, 0) is 19.0 Å². The molecule has 1 rings (SSSR count). The Bertz CT molecular complexity index is 469. The topological polar surface area (TPSA) is 34.0 Å². The molecule has 0 aromatic carbocycles. The van der Waals surface area contributed by atoms with Crippen LogP contribution >= 0.6 is 0 Å². The number of aromatic nitrogens is 1. The lowest BCUT2D eigenvalue weighted by molar-refractivity contribution is 0.480. The molecule has 1 N–H and O–H groups in total. The zero-order valence-corrected chi connectivity index (χ0v) is 13.8. The van der Waals surface area contributed by atoms with E-state index in [0.717, 1.165) is 30.8 Å². The fraction of sp³-hybridized carbons (Fsp3) is 0.706. The minimum atomic E-state index is 0.00207. The molecule has 0 aliphatic heterocycles. The molecule has 0 unspecified atom stereocenters. The summed E-state index contributed by atoms with van der Waals surface area (Å²) in [5.41, 5.74) is 2.19. The Morgan fingerprint density at radius 2 is 1.85 bits per heavy atom. The molecule has 1 aromatic heterocycles. The molecule has 3 nitrogen and oxygen atoms in total. The first kappa shape index (κ1) is 17.0. The molecule has 1 aromatic rings. The van der Waals surface area contributed by atoms with Gasteiger partial charge < -0.3 is 9.88 Å². The van der Waals surface area contributed by atoms with Gasteiger partial charge >= 0.3 is 0 Å². The maximum atomic E-state index is 12.7. The minimum Gasteiger partial charge on any atom is -0.313 e. The summed E-state index contributed by atoms with van der Waals surface area (Å²) in [5.74, 6) is 0. The molecule has 20 heavy (non-hydrogen) atoms. The normalized spacial score (nSPS) is 11.8. The summed E-state index contributed by atoms with van der Waals surface area (Å²) in [5, 5.41) is 3.24. The Balaban J connectivity index is 3.13. The van der Waals surface area contributed by atoms with Crippen molar-refractivity contribution in [3.8, 4) is 0 Å². The van der Waals surface area contributed by atoms with E-state index in [1.165, 1.54) is 12.8 Å². The third kappa shape index (κ3) is 4.48. The molecule has 0 bridgehead atoms. The van der Waals surface area contributed by atoms with Crippen molar-refractivity contribution in [1.29, 1.82) is 0 Å². The minimum absolute atomic E-state index is 0.00207. The number of nitrogens with zero attached hydrogens (tertiary/aromatic N) is 1. The predicted molar refractivity (Wildman–Crippen MR) is 86.3 cm³/mol. The first-order valence-electron chi connectivity index (χ1n) is 7.85. The second-order valence-corrected chi connectivity index (χ2v) is 6.44. The zero-order chi connectivity index (χ0) is 15.2. The van der Waals surface area contributed by atoms with Crippen molar-refractivity contribution in [2.45, 2.75) is 72.4 Å². The SMILES string of the molecule is CCCCCn1c(C(C)(C)C)ccc(CNCC)c1=O. The van der Waals surface area contributed by atoms with E-state index in [2.05, 4.69) is 46.0 Å². The van der Waals surface area contributed by atoms with Gasteiger partial charge in [-0.2, -0.15) is 0 Å². The van der Waals surface area contributed by atoms with E-state index in [1.54, 1.807) is 0 Å². The number of hydrogen-bond acceptors (Lipinski definition) is 2. The van der Waals surface area contributed by atoms with Crippen LogP contribution in [0.4, 0.5) is 0 Å². The lowest BCUT2D eigenvalue weighted by Crippen LogP contribution is -2.33. The summed E-state index contributed by atoms with van der Waals surface area (Å²) in [4.78, 5) is 12.7. The van der Waals surface area contributed by atoms with Crippen LogP contribution in [-0.2, 0) is 18.5 Å². The molecule has 0 fully saturated rings. The number of nitrogens with one attached hydrogen (secondary N) is 1. The predicted octanol–water partition coefficient (Wildman–Crippen LogP) is 3.45. The van der Waals surface area contributed by atoms with Crippen molar-refractivity contribution < 1.29 is 0 Å². The van der Waals surface area contributed by atoms with Crippen molar-refractivity contribution in [2.75, 3.05) is 6.54 Å². The van der Waals surface area contributed by atoms with E-state index in [0.29, 0.717) is 6.54 Å². The zero-order valence-electron chi connectivity index (χ0n) is 13.8. The van der Waals surface area contributed by atoms with Crippen LogP contribution in [0.25, 0.3) is 0 Å². The molecule has 1 heterocycles. The van der Waals surface area contributed by atoms with E-state index in [-0.39, 0.29) is 11.0 Å². The summed E-state index contributed by atoms with van der Waals surface area (Å²) in [7, 11) is 0. The van der Waals surface area contributed by atoms with Gasteiger partial charge in [-0.3, -0.25) is 4.79 Å². The fourth-order valence-corrected chi connectivity index (χ4v) is 2.41. The van der Waals surface area contributed by atoms with Crippen molar-refractivity contribution in [3.63, 3.8) is 0 Å². The first-order chi connectivity index (χ1) is 9.41. The van der Waals surface area contributed by atoms with Crippen molar-refractivity contribution in [1.82, 2.24) is 9.88 Å². The molecule has 0 spiro atoms. The molecule has 0 aliphatic rings. The van der Waals surface area contributed by atoms with Gasteiger partial charge in [0.15, 0.2) is 0 Å². The Kier molecular flexibility index (Phi) is 6.47. The van der Waals surface area contributed by atoms with E-state index < -0.39 is 0 Å². The lowest BCUT2D eigenvalue weighted by atomic mass is 9.90. The van der Waals surface area contributed by atoms with Crippen LogP contribution in [0.3, 0.4) is 0 Å². The van der Waals surface area contributed by atoms with Crippen molar-refractivity contribution >= 4 is 0 Å². The molecular weight excluding hydrogens is 248 g/mol. The molecule has 0 atom stereocenters. The van der Waals surface area contributed by atoms with E-state index >= 15 is 0 Å². The number of unbranched alkanes of at least 4 members (excludes halogenated alkanes) is 2. The van der Waals surface area contributed by atoms with Crippen LogP contribution in [-0.4, -0.2) is 11.1 Å². The van der Waals surface area contributed by atoms with Crippen LogP contribution in [0.1, 0.15) is 65.1 Å². The first-order valence-corrected chi connectivity index (χ1v) is 7.85. The Morgan fingerprint density at radius 3 is 2.40 bits per heavy atom. The number of rotatable bonds is 7. The average Bonchev–Trinajstić information content (AvgIpc) is 2.38. The Morgan fingerprint density at radius 1 is 1.15 bits per heavy atom. The highest BCUT2D eigenvalue weighted by molar-refractivity contribution is 5.21. The molecule has 0 radical (unpaired) electrons. The van der Waals surface area contributed by atoms with Gasteiger partial charge in [-0.1, -0.05) is 53.5 Å². The molecule has 114 valence electrons. The molecule has 0 saturated heterocycles. The van der Waals surface area contributed by atoms with E-state index in [1.807, 2.05) is 10.6 Å². The Hall–Kier alpha value is -1.09. The quantitative estimate of drug-likeness (QED) is 0.775. The third-order valence-electron chi connectivity index (χ3n) is 3.57.